The van der Waals surface area contributed by atoms with Gasteiger partial charge >= 0.3 is 0 Å². The Morgan fingerprint density at radius 1 is 1.10 bits per heavy atom. The summed E-state index contributed by atoms with van der Waals surface area (Å²) in [4.78, 5) is 24.8. The standard InChI is InChI=1S/C22H23F2N3O2S/c1-14(2)20(27-21(28)19-17(23)8-5-9-18(19)24)22(29)26-10-11-30-13-16-7-4-3-6-15(16)12-25/h3-9,14,20H,10-11,13H2,1-2H3,(H,26,29)(H,27,28)/t20-/m0/s1. The van der Waals surface area contributed by atoms with Crippen molar-refractivity contribution in [1.82, 2.24) is 10.6 Å². The lowest BCUT2D eigenvalue weighted by Crippen LogP contribution is -2.50. The summed E-state index contributed by atoms with van der Waals surface area (Å²) in [5.41, 5.74) is 0.843. The average molecular weight is 432 g/mol. The van der Waals surface area contributed by atoms with E-state index in [1.807, 2.05) is 12.1 Å². The maximum atomic E-state index is 13.8. The highest BCUT2D eigenvalue weighted by molar-refractivity contribution is 7.98. The third kappa shape index (κ3) is 6.29. The second-order valence-electron chi connectivity index (χ2n) is 6.90. The summed E-state index contributed by atoms with van der Waals surface area (Å²) < 4.78 is 27.6. The van der Waals surface area contributed by atoms with Crippen LogP contribution in [-0.2, 0) is 10.5 Å². The largest absolute Gasteiger partial charge is 0.353 e. The van der Waals surface area contributed by atoms with E-state index in [4.69, 9.17) is 5.26 Å². The second kappa shape index (κ2) is 11.3. The van der Waals surface area contributed by atoms with Gasteiger partial charge in [0, 0.05) is 18.1 Å². The van der Waals surface area contributed by atoms with E-state index in [0.29, 0.717) is 23.6 Å². The van der Waals surface area contributed by atoms with Crippen LogP contribution in [0.2, 0.25) is 0 Å². The number of nitrogens with one attached hydrogen (secondary N) is 2. The SMILES string of the molecule is CC(C)[C@H](NC(=O)c1c(F)cccc1F)C(=O)NCCSCc1ccccc1C#N. The fourth-order valence-corrected chi connectivity index (χ4v) is 3.62. The van der Waals surface area contributed by atoms with Crippen LogP contribution in [0.4, 0.5) is 8.78 Å². The number of hydrogen-bond acceptors (Lipinski definition) is 4. The van der Waals surface area contributed by atoms with Crippen LogP contribution in [0.3, 0.4) is 0 Å². The fourth-order valence-electron chi connectivity index (χ4n) is 2.76. The minimum atomic E-state index is -0.982. The molecule has 0 spiro atoms. The molecule has 30 heavy (non-hydrogen) atoms. The summed E-state index contributed by atoms with van der Waals surface area (Å²) in [7, 11) is 0. The van der Waals surface area contributed by atoms with Gasteiger partial charge in [-0.1, -0.05) is 38.1 Å². The zero-order valence-corrected chi connectivity index (χ0v) is 17.6. The number of hydrogen-bond donors (Lipinski definition) is 2. The predicted octanol–water partition coefficient (Wildman–Crippen LogP) is 3.64. The number of nitriles is 1. The van der Waals surface area contributed by atoms with Gasteiger partial charge in [0.2, 0.25) is 5.91 Å². The lowest BCUT2D eigenvalue weighted by Gasteiger charge is -2.22. The Bertz CT molecular complexity index is 924. The summed E-state index contributed by atoms with van der Waals surface area (Å²) in [5, 5.41) is 14.3. The first kappa shape index (κ1) is 23.4. The van der Waals surface area contributed by atoms with Gasteiger partial charge in [0.15, 0.2) is 0 Å². The van der Waals surface area contributed by atoms with Crippen molar-refractivity contribution in [3.05, 3.63) is 70.8 Å². The highest BCUT2D eigenvalue weighted by Gasteiger charge is 2.27. The molecule has 2 N–H and O–H groups in total. The van der Waals surface area contributed by atoms with Gasteiger partial charge in [-0.15, -0.1) is 0 Å². The Balaban J connectivity index is 1.87. The van der Waals surface area contributed by atoms with Crippen LogP contribution in [0.15, 0.2) is 42.5 Å². The normalized spacial score (nSPS) is 11.6. The minimum Gasteiger partial charge on any atom is -0.353 e. The van der Waals surface area contributed by atoms with Crippen molar-refractivity contribution >= 4 is 23.6 Å². The molecule has 0 aliphatic carbocycles. The molecule has 1 atom stereocenters. The van der Waals surface area contributed by atoms with Crippen molar-refractivity contribution < 1.29 is 18.4 Å². The Hall–Kier alpha value is -2.92. The third-order valence-corrected chi connectivity index (χ3v) is 5.37. The third-order valence-electron chi connectivity index (χ3n) is 4.37. The maximum absolute atomic E-state index is 13.8. The first-order chi connectivity index (χ1) is 14.3. The summed E-state index contributed by atoms with van der Waals surface area (Å²) in [5.74, 6) is -2.40. The zero-order chi connectivity index (χ0) is 22.1. The lowest BCUT2D eigenvalue weighted by molar-refractivity contribution is -0.123. The molecule has 0 radical (unpaired) electrons. The summed E-state index contributed by atoms with van der Waals surface area (Å²) >= 11 is 1.56. The molecule has 5 nitrogen and oxygen atoms in total. The molecule has 2 amide bonds. The molecule has 0 fully saturated rings. The van der Waals surface area contributed by atoms with Crippen LogP contribution in [0.5, 0.6) is 0 Å². The van der Waals surface area contributed by atoms with E-state index < -0.39 is 35.1 Å². The molecule has 0 unspecified atom stereocenters. The molecule has 2 rings (SSSR count). The van der Waals surface area contributed by atoms with Crippen LogP contribution >= 0.6 is 11.8 Å². The van der Waals surface area contributed by atoms with Crippen LogP contribution in [0, 0.1) is 28.9 Å². The Labute approximate surface area is 178 Å². The molecule has 0 aliphatic heterocycles. The Morgan fingerprint density at radius 2 is 1.77 bits per heavy atom. The van der Waals surface area contributed by atoms with Gasteiger partial charge in [0.1, 0.15) is 23.2 Å². The Morgan fingerprint density at radius 3 is 2.40 bits per heavy atom. The van der Waals surface area contributed by atoms with Crippen molar-refractivity contribution in [2.24, 2.45) is 5.92 Å². The number of amides is 2. The molecule has 0 saturated carbocycles. The van der Waals surface area contributed by atoms with E-state index in [0.717, 1.165) is 17.7 Å². The molecule has 8 heteroatoms. The molecular formula is C22H23F2N3O2S. The van der Waals surface area contributed by atoms with E-state index in [9.17, 15) is 18.4 Å². The number of nitrogens with zero attached hydrogens (tertiary/aromatic N) is 1. The molecule has 0 saturated heterocycles. The maximum Gasteiger partial charge on any atom is 0.257 e. The fraction of sp³-hybridized carbons (Fsp3) is 0.318. The van der Waals surface area contributed by atoms with Gasteiger partial charge in [-0.2, -0.15) is 17.0 Å². The van der Waals surface area contributed by atoms with Gasteiger partial charge in [-0.05, 0) is 29.7 Å². The molecule has 0 heterocycles. The number of carbonyl (C=O) groups is 2. The minimum absolute atomic E-state index is 0.279. The van der Waals surface area contributed by atoms with Crippen molar-refractivity contribution in [3.63, 3.8) is 0 Å². The first-order valence-electron chi connectivity index (χ1n) is 9.43. The van der Waals surface area contributed by atoms with Gasteiger partial charge in [-0.25, -0.2) is 8.78 Å². The Kier molecular flexibility index (Phi) is 8.81. The molecule has 2 aromatic rings. The van der Waals surface area contributed by atoms with Crippen LogP contribution in [0.1, 0.15) is 35.3 Å². The van der Waals surface area contributed by atoms with Crippen molar-refractivity contribution in [1.29, 1.82) is 5.26 Å². The van der Waals surface area contributed by atoms with Crippen LogP contribution in [0.25, 0.3) is 0 Å². The summed E-state index contributed by atoms with van der Waals surface area (Å²) in [6.07, 6.45) is 0. The average Bonchev–Trinajstić information content (AvgIpc) is 2.71. The molecule has 0 bridgehead atoms. The topological polar surface area (TPSA) is 82.0 Å². The number of thioether (sulfide) groups is 1. The lowest BCUT2D eigenvalue weighted by atomic mass is 10.0. The first-order valence-corrected chi connectivity index (χ1v) is 10.6. The number of rotatable bonds is 9. The smallest absolute Gasteiger partial charge is 0.257 e. The van der Waals surface area contributed by atoms with E-state index in [1.165, 1.54) is 6.07 Å². The van der Waals surface area contributed by atoms with E-state index in [2.05, 4.69) is 16.7 Å². The van der Waals surface area contributed by atoms with Crippen LogP contribution in [-0.4, -0.2) is 30.2 Å². The molecular weight excluding hydrogens is 408 g/mol. The quantitative estimate of drug-likeness (QED) is 0.594. The van der Waals surface area contributed by atoms with Gasteiger partial charge < -0.3 is 10.6 Å². The van der Waals surface area contributed by atoms with Gasteiger partial charge in [0.25, 0.3) is 5.91 Å². The number of benzene rings is 2. The molecule has 0 aromatic heterocycles. The summed E-state index contributed by atoms with van der Waals surface area (Å²) in [6.45, 7) is 3.82. The molecule has 0 aliphatic rings. The van der Waals surface area contributed by atoms with Crippen molar-refractivity contribution in [2.75, 3.05) is 12.3 Å². The van der Waals surface area contributed by atoms with Crippen LogP contribution < -0.4 is 10.6 Å². The molecule has 2 aromatic carbocycles. The second-order valence-corrected chi connectivity index (χ2v) is 8.01. The van der Waals surface area contributed by atoms with E-state index in [-0.39, 0.29) is 5.92 Å². The van der Waals surface area contributed by atoms with Gasteiger partial charge in [0.05, 0.1) is 11.6 Å². The van der Waals surface area contributed by atoms with Crippen molar-refractivity contribution in [2.45, 2.75) is 25.6 Å². The highest BCUT2D eigenvalue weighted by atomic mass is 32.2. The highest BCUT2D eigenvalue weighted by Crippen LogP contribution is 2.16. The predicted molar refractivity (Wildman–Crippen MR) is 113 cm³/mol. The summed E-state index contributed by atoms with van der Waals surface area (Å²) in [6, 6.07) is 11.7. The number of carbonyl (C=O) groups excluding carboxylic acids is 2. The number of halogens is 2. The monoisotopic (exact) mass is 431 g/mol. The van der Waals surface area contributed by atoms with E-state index in [1.54, 1.807) is 37.7 Å². The molecule has 158 valence electrons. The van der Waals surface area contributed by atoms with Gasteiger partial charge in [-0.3, -0.25) is 9.59 Å². The zero-order valence-electron chi connectivity index (χ0n) is 16.7. The van der Waals surface area contributed by atoms with E-state index >= 15 is 0 Å². The van der Waals surface area contributed by atoms with Crippen molar-refractivity contribution in [3.8, 4) is 6.07 Å².